The number of hydrogen-bond donors (Lipinski definition) is 0. The molecule has 0 radical (unpaired) electrons. The fourth-order valence-electron chi connectivity index (χ4n) is 2.48. The lowest BCUT2D eigenvalue weighted by Gasteiger charge is -2.35. The Hall–Kier alpha value is -0.930. The van der Waals surface area contributed by atoms with Gasteiger partial charge >= 0.3 is 0 Å². The van der Waals surface area contributed by atoms with Gasteiger partial charge in [0.05, 0.1) is 13.2 Å². The van der Waals surface area contributed by atoms with Gasteiger partial charge in [-0.2, -0.15) is 0 Å². The van der Waals surface area contributed by atoms with Crippen LogP contribution in [0.2, 0.25) is 0 Å². The van der Waals surface area contributed by atoms with Gasteiger partial charge in [0.25, 0.3) is 0 Å². The Labute approximate surface area is 126 Å². The first-order valence-corrected chi connectivity index (χ1v) is 7.81. The van der Waals surface area contributed by atoms with Crippen molar-refractivity contribution in [1.82, 2.24) is 0 Å². The number of alkyl halides is 1. The summed E-state index contributed by atoms with van der Waals surface area (Å²) in [6.07, 6.45) is 3.00. The SMILES string of the molecule is CCOc1ccccc1OCCC1(CCl)CCOCC1. The number of para-hydroxylation sites is 2. The maximum absolute atomic E-state index is 6.16. The highest BCUT2D eigenvalue weighted by atomic mass is 35.5. The van der Waals surface area contributed by atoms with Crippen molar-refractivity contribution in [3.8, 4) is 11.5 Å². The Kier molecular flexibility index (Phi) is 5.99. The van der Waals surface area contributed by atoms with Gasteiger partial charge in [0.1, 0.15) is 0 Å². The number of benzene rings is 1. The standard InChI is InChI=1S/C16H23ClO3/c1-2-19-14-5-3-4-6-15(14)20-12-9-16(13-17)7-10-18-11-8-16/h3-6H,2,7-13H2,1H3. The molecule has 1 aromatic rings. The molecule has 1 fully saturated rings. The van der Waals surface area contributed by atoms with Crippen molar-refractivity contribution in [2.24, 2.45) is 5.41 Å². The molecule has 1 aliphatic heterocycles. The van der Waals surface area contributed by atoms with E-state index in [0.717, 1.165) is 44.0 Å². The second-order valence-corrected chi connectivity index (χ2v) is 5.49. The van der Waals surface area contributed by atoms with E-state index in [9.17, 15) is 0 Å². The van der Waals surface area contributed by atoms with Crippen LogP contribution in [0.1, 0.15) is 26.2 Å². The third-order valence-corrected chi connectivity index (χ3v) is 4.44. The maximum Gasteiger partial charge on any atom is 0.161 e. The lowest BCUT2D eigenvalue weighted by Crippen LogP contribution is -2.32. The average Bonchev–Trinajstić information content (AvgIpc) is 2.50. The summed E-state index contributed by atoms with van der Waals surface area (Å²) in [5.74, 6) is 2.29. The van der Waals surface area contributed by atoms with E-state index >= 15 is 0 Å². The summed E-state index contributed by atoms with van der Waals surface area (Å²) >= 11 is 6.16. The quantitative estimate of drug-likeness (QED) is 0.715. The lowest BCUT2D eigenvalue weighted by atomic mass is 9.79. The largest absolute Gasteiger partial charge is 0.490 e. The van der Waals surface area contributed by atoms with Gasteiger partial charge in [-0.3, -0.25) is 0 Å². The summed E-state index contributed by atoms with van der Waals surface area (Å²) in [6, 6.07) is 7.80. The molecule has 0 aliphatic carbocycles. The molecule has 0 amide bonds. The lowest BCUT2D eigenvalue weighted by molar-refractivity contribution is 0.0153. The van der Waals surface area contributed by atoms with E-state index in [-0.39, 0.29) is 5.41 Å². The first-order valence-electron chi connectivity index (χ1n) is 7.28. The van der Waals surface area contributed by atoms with Crippen LogP contribution in [-0.4, -0.2) is 32.3 Å². The van der Waals surface area contributed by atoms with Gasteiger partial charge < -0.3 is 14.2 Å². The number of hydrogen-bond acceptors (Lipinski definition) is 3. The summed E-state index contributed by atoms with van der Waals surface area (Å²) < 4.78 is 16.9. The molecule has 0 bridgehead atoms. The van der Waals surface area contributed by atoms with Gasteiger partial charge in [-0.25, -0.2) is 0 Å². The van der Waals surface area contributed by atoms with Crippen LogP contribution in [-0.2, 0) is 4.74 Å². The molecule has 0 unspecified atom stereocenters. The number of rotatable bonds is 7. The smallest absolute Gasteiger partial charge is 0.161 e. The minimum Gasteiger partial charge on any atom is -0.490 e. The van der Waals surface area contributed by atoms with Crippen molar-refractivity contribution in [2.45, 2.75) is 26.2 Å². The summed E-state index contributed by atoms with van der Waals surface area (Å²) in [7, 11) is 0. The van der Waals surface area contributed by atoms with Crippen LogP contribution in [0.15, 0.2) is 24.3 Å². The van der Waals surface area contributed by atoms with Crippen molar-refractivity contribution in [3.63, 3.8) is 0 Å². The van der Waals surface area contributed by atoms with Gasteiger partial charge in [0, 0.05) is 19.1 Å². The molecule has 0 saturated carbocycles. The minimum atomic E-state index is 0.167. The van der Waals surface area contributed by atoms with Crippen LogP contribution in [0.25, 0.3) is 0 Å². The molecule has 0 N–H and O–H groups in total. The molecule has 2 rings (SSSR count). The second-order valence-electron chi connectivity index (χ2n) is 5.22. The van der Waals surface area contributed by atoms with E-state index in [1.807, 2.05) is 31.2 Å². The van der Waals surface area contributed by atoms with Crippen molar-refractivity contribution < 1.29 is 14.2 Å². The first-order chi connectivity index (χ1) is 9.79. The Bertz CT molecular complexity index is 402. The normalized spacial score (nSPS) is 17.7. The van der Waals surface area contributed by atoms with Crippen molar-refractivity contribution in [2.75, 3.05) is 32.3 Å². The van der Waals surface area contributed by atoms with Gasteiger partial charge in [0.15, 0.2) is 11.5 Å². The highest BCUT2D eigenvalue weighted by molar-refractivity contribution is 6.18. The summed E-state index contributed by atoms with van der Waals surface area (Å²) in [4.78, 5) is 0. The summed E-state index contributed by atoms with van der Waals surface area (Å²) in [5.41, 5.74) is 0.167. The van der Waals surface area contributed by atoms with Crippen LogP contribution in [0.4, 0.5) is 0 Å². The fourth-order valence-corrected chi connectivity index (χ4v) is 2.88. The molecule has 3 nitrogen and oxygen atoms in total. The van der Waals surface area contributed by atoms with Gasteiger partial charge in [-0.1, -0.05) is 12.1 Å². The zero-order valence-electron chi connectivity index (χ0n) is 12.1. The predicted octanol–water partition coefficient (Wildman–Crippen LogP) is 3.89. The van der Waals surface area contributed by atoms with Crippen molar-refractivity contribution in [3.05, 3.63) is 24.3 Å². The summed E-state index contributed by atoms with van der Waals surface area (Å²) in [5, 5.41) is 0. The Morgan fingerprint density at radius 2 is 1.80 bits per heavy atom. The molecule has 1 saturated heterocycles. The number of halogens is 1. The van der Waals surface area contributed by atoms with E-state index in [2.05, 4.69) is 0 Å². The summed E-state index contributed by atoms with van der Waals surface area (Å²) in [6.45, 7) is 4.89. The van der Waals surface area contributed by atoms with E-state index in [1.165, 1.54) is 0 Å². The molecular weight excluding hydrogens is 276 g/mol. The Morgan fingerprint density at radius 1 is 1.15 bits per heavy atom. The molecule has 0 atom stereocenters. The van der Waals surface area contributed by atoms with Crippen LogP contribution in [0, 0.1) is 5.41 Å². The molecule has 1 aliphatic rings. The third-order valence-electron chi connectivity index (χ3n) is 3.88. The number of ether oxygens (including phenoxy) is 3. The van der Waals surface area contributed by atoms with Crippen LogP contribution < -0.4 is 9.47 Å². The molecule has 1 heterocycles. The average molecular weight is 299 g/mol. The van der Waals surface area contributed by atoms with Crippen LogP contribution in [0.3, 0.4) is 0 Å². The van der Waals surface area contributed by atoms with Crippen LogP contribution in [0.5, 0.6) is 11.5 Å². The van der Waals surface area contributed by atoms with Crippen molar-refractivity contribution >= 4 is 11.6 Å². The van der Waals surface area contributed by atoms with E-state index in [0.29, 0.717) is 19.1 Å². The Balaban J connectivity index is 1.88. The zero-order valence-corrected chi connectivity index (χ0v) is 12.8. The monoisotopic (exact) mass is 298 g/mol. The molecule has 4 heteroatoms. The fraction of sp³-hybridized carbons (Fsp3) is 0.625. The van der Waals surface area contributed by atoms with Gasteiger partial charge in [-0.05, 0) is 43.7 Å². The molecular formula is C16H23ClO3. The Morgan fingerprint density at radius 3 is 2.40 bits per heavy atom. The molecule has 0 spiro atoms. The highest BCUT2D eigenvalue weighted by Gasteiger charge is 2.31. The molecule has 1 aromatic carbocycles. The van der Waals surface area contributed by atoms with Crippen LogP contribution >= 0.6 is 11.6 Å². The van der Waals surface area contributed by atoms with Crippen molar-refractivity contribution in [1.29, 1.82) is 0 Å². The molecule has 20 heavy (non-hydrogen) atoms. The third kappa shape index (κ3) is 4.03. The maximum atomic E-state index is 6.16. The second kappa shape index (κ2) is 7.75. The van der Waals surface area contributed by atoms with Gasteiger partial charge in [0.2, 0.25) is 0 Å². The predicted molar refractivity (Wildman–Crippen MR) is 80.9 cm³/mol. The topological polar surface area (TPSA) is 27.7 Å². The first kappa shape index (κ1) is 15.5. The molecule has 112 valence electrons. The minimum absolute atomic E-state index is 0.167. The van der Waals surface area contributed by atoms with E-state index in [1.54, 1.807) is 0 Å². The zero-order chi connectivity index (χ0) is 14.3. The molecule has 0 aromatic heterocycles. The van der Waals surface area contributed by atoms with Gasteiger partial charge in [-0.15, -0.1) is 11.6 Å². The van der Waals surface area contributed by atoms with E-state index < -0.39 is 0 Å². The van der Waals surface area contributed by atoms with E-state index in [4.69, 9.17) is 25.8 Å². The highest BCUT2D eigenvalue weighted by Crippen LogP contribution is 2.36.